The molecule has 1 N–H and O–H groups in total. The molecule has 1 unspecified atom stereocenters. The minimum absolute atomic E-state index is 0.0354. The number of hydrogen-bond donors (Lipinski definition) is 1. The van der Waals surface area contributed by atoms with E-state index >= 15 is 0 Å². The molecule has 4 aromatic rings. The van der Waals surface area contributed by atoms with Gasteiger partial charge in [-0.05, 0) is 54.3 Å². The number of carbonyl (C=O) groups excluding carboxylic acids is 1. The lowest BCUT2D eigenvalue weighted by Crippen LogP contribution is -2.13. The van der Waals surface area contributed by atoms with Crippen LogP contribution >= 0.6 is 23.2 Å². The van der Waals surface area contributed by atoms with E-state index in [0.717, 1.165) is 18.0 Å². The quantitative estimate of drug-likeness (QED) is 0.226. The monoisotopic (exact) mass is 483 g/mol. The van der Waals surface area contributed by atoms with Crippen LogP contribution in [0.25, 0.3) is 22.6 Å². The standard InChI is InChI=1S/C24H19Cl2N3O4/c1-3-13(2)14-5-9-22-21(10-14)28-24(33-22)15-4-7-19(26)20(11-15)27-23(30)17-12-16(29(31)32)6-8-18(17)25/h4-13H,3H2,1-2H3,(H,27,30). The normalized spacial score (nSPS) is 12.0. The average molecular weight is 484 g/mol. The number of nitro groups is 1. The number of benzene rings is 3. The summed E-state index contributed by atoms with van der Waals surface area (Å²) in [5.41, 5.74) is 3.21. The molecule has 0 aliphatic rings. The van der Waals surface area contributed by atoms with E-state index in [1.165, 1.54) is 17.7 Å². The molecule has 3 aromatic carbocycles. The molecule has 33 heavy (non-hydrogen) atoms. The van der Waals surface area contributed by atoms with Gasteiger partial charge in [0.1, 0.15) is 5.52 Å². The third-order valence-corrected chi connectivity index (χ3v) is 6.12. The van der Waals surface area contributed by atoms with E-state index in [9.17, 15) is 14.9 Å². The van der Waals surface area contributed by atoms with E-state index in [2.05, 4.69) is 24.1 Å². The maximum absolute atomic E-state index is 12.8. The Balaban J connectivity index is 1.65. The zero-order valence-corrected chi connectivity index (χ0v) is 19.3. The topological polar surface area (TPSA) is 98.3 Å². The van der Waals surface area contributed by atoms with E-state index < -0.39 is 10.8 Å². The summed E-state index contributed by atoms with van der Waals surface area (Å²) in [7, 11) is 0. The number of hydrogen-bond acceptors (Lipinski definition) is 5. The first-order valence-electron chi connectivity index (χ1n) is 10.2. The van der Waals surface area contributed by atoms with Gasteiger partial charge in [-0.25, -0.2) is 4.98 Å². The van der Waals surface area contributed by atoms with Crippen molar-refractivity contribution in [2.45, 2.75) is 26.2 Å². The minimum atomic E-state index is -0.626. The number of aromatic nitrogens is 1. The highest BCUT2D eigenvalue weighted by Gasteiger charge is 2.18. The van der Waals surface area contributed by atoms with Crippen molar-refractivity contribution >= 4 is 51.6 Å². The number of halogens is 2. The van der Waals surface area contributed by atoms with Crippen molar-refractivity contribution in [1.82, 2.24) is 4.98 Å². The van der Waals surface area contributed by atoms with Crippen LogP contribution in [0.3, 0.4) is 0 Å². The summed E-state index contributed by atoms with van der Waals surface area (Å²) in [6.07, 6.45) is 1.02. The van der Waals surface area contributed by atoms with Crippen molar-refractivity contribution in [1.29, 1.82) is 0 Å². The Bertz CT molecular complexity index is 1380. The third kappa shape index (κ3) is 4.69. The summed E-state index contributed by atoms with van der Waals surface area (Å²) in [6, 6.07) is 14.6. The van der Waals surface area contributed by atoms with Crippen LogP contribution in [-0.2, 0) is 0 Å². The number of nitrogens with one attached hydrogen (secondary N) is 1. The summed E-state index contributed by atoms with van der Waals surface area (Å²) in [4.78, 5) is 27.8. The van der Waals surface area contributed by atoms with Gasteiger partial charge in [-0.2, -0.15) is 0 Å². The first-order chi connectivity index (χ1) is 15.8. The minimum Gasteiger partial charge on any atom is -0.436 e. The number of nitrogens with zero attached hydrogens (tertiary/aromatic N) is 2. The summed E-state index contributed by atoms with van der Waals surface area (Å²) in [5.74, 6) is 0.165. The van der Waals surface area contributed by atoms with Crippen LogP contribution in [-0.4, -0.2) is 15.8 Å². The summed E-state index contributed by atoms with van der Waals surface area (Å²) in [6.45, 7) is 4.29. The summed E-state index contributed by atoms with van der Waals surface area (Å²) >= 11 is 12.4. The van der Waals surface area contributed by atoms with Crippen LogP contribution < -0.4 is 5.32 Å². The number of non-ortho nitro benzene ring substituents is 1. The van der Waals surface area contributed by atoms with E-state index in [-0.39, 0.29) is 21.3 Å². The molecule has 0 spiro atoms. The second-order valence-electron chi connectivity index (χ2n) is 7.63. The molecule has 1 aromatic heterocycles. The van der Waals surface area contributed by atoms with Crippen LogP contribution in [0.1, 0.15) is 42.1 Å². The number of rotatable bonds is 6. The predicted molar refractivity (Wildman–Crippen MR) is 129 cm³/mol. The molecule has 9 heteroatoms. The largest absolute Gasteiger partial charge is 0.436 e. The third-order valence-electron chi connectivity index (χ3n) is 5.46. The van der Waals surface area contributed by atoms with Crippen LogP contribution in [0.5, 0.6) is 0 Å². The Morgan fingerprint density at radius 3 is 2.61 bits per heavy atom. The van der Waals surface area contributed by atoms with Crippen molar-refractivity contribution in [2.24, 2.45) is 0 Å². The summed E-state index contributed by atoms with van der Waals surface area (Å²) < 4.78 is 5.91. The number of oxazole rings is 1. The smallest absolute Gasteiger partial charge is 0.270 e. The highest BCUT2D eigenvalue weighted by atomic mass is 35.5. The Morgan fingerprint density at radius 2 is 1.88 bits per heavy atom. The highest BCUT2D eigenvalue weighted by molar-refractivity contribution is 6.36. The lowest BCUT2D eigenvalue weighted by molar-refractivity contribution is -0.384. The molecule has 0 fully saturated rings. The van der Waals surface area contributed by atoms with E-state index in [1.807, 2.05) is 18.2 Å². The predicted octanol–water partition coefficient (Wildman–Crippen LogP) is 7.48. The lowest BCUT2D eigenvalue weighted by Gasteiger charge is -2.09. The van der Waals surface area contributed by atoms with Gasteiger partial charge in [0, 0.05) is 17.7 Å². The first-order valence-corrected chi connectivity index (χ1v) is 11.0. The molecule has 1 amide bonds. The maximum Gasteiger partial charge on any atom is 0.270 e. The number of carbonyl (C=O) groups is 1. The Labute approximate surface area is 199 Å². The number of anilines is 1. The van der Waals surface area contributed by atoms with Crippen LogP contribution in [0, 0.1) is 10.1 Å². The van der Waals surface area contributed by atoms with Crippen LogP contribution in [0.15, 0.2) is 59.0 Å². The molecule has 0 saturated carbocycles. The maximum atomic E-state index is 12.8. The molecule has 0 bridgehead atoms. The second kappa shape index (κ2) is 9.21. The van der Waals surface area contributed by atoms with Gasteiger partial charge in [0.05, 0.1) is 26.2 Å². The van der Waals surface area contributed by atoms with Crippen molar-refractivity contribution in [3.05, 3.63) is 85.9 Å². The van der Waals surface area contributed by atoms with Crippen molar-refractivity contribution in [3.63, 3.8) is 0 Å². The lowest BCUT2D eigenvalue weighted by atomic mass is 9.98. The number of nitro benzene ring substituents is 1. The molecule has 0 aliphatic heterocycles. The fourth-order valence-corrected chi connectivity index (χ4v) is 3.72. The van der Waals surface area contributed by atoms with Crippen molar-refractivity contribution in [2.75, 3.05) is 5.32 Å². The molecular formula is C24H19Cl2N3O4. The van der Waals surface area contributed by atoms with Crippen molar-refractivity contribution < 1.29 is 14.1 Å². The molecule has 4 rings (SSSR count). The van der Waals surface area contributed by atoms with Gasteiger partial charge in [-0.15, -0.1) is 0 Å². The molecule has 0 aliphatic carbocycles. The van der Waals surface area contributed by atoms with Crippen molar-refractivity contribution in [3.8, 4) is 11.5 Å². The molecule has 1 atom stereocenters. The molecule has 0 saturated heterocycles. The highest BCUT2D eigenvalue weighted by Crippen LogP contribution is 2.32. The fourth-order valence-electron chi connectivity index (χ4n) is 3.35. The molecule has 0 radical (unpaired) electrons. The number of amides is 1. The second-order valence-corrected chi connectivity index (χ2v) is 8.44. The van der Waals surface area contributed by atoms with Crippen LogP contribution in [0.2, 0.25) is 10.0 Å². The Hall–Kier alpha value is -3.42. The fraction of sp³-hybridized carbons (Fsp3) is 0.167. The zero-order valence-electron chi connectivity index (χ0n) is 17.8. The van der Waals surface area contributed by atoms with E-state index in [4.69, 9.17) is 27.6 Å². The molecule has 7 nitrogen and oxygen atoms in total. The van der Waals surface area contributed by atoms with E-state index in [1.54, 1.807) is 18.2 Å². The van der Waals surface area contributed by atoms with Gasteiger partial charge in [-0.1, -0.05) is 43.1 Å². The molecular weight excluding hydrogens is 465 g/mol. The first kappa shape index (κ1) is 22.8. The van der Waals surface area contributed by atoms with Gasteiger partial charge in [0.25, 0.3) is 11.6 Å². The average Bonchev–Trinajstić information content (AvgIpc) is 3.23. The summed E-state index contributed by atoms with van der Waals surface area (Å²) in [5, 5.41) is 14.1. The Kier molecular flexibility index (Phi) is 6.35. The molecule has 168 valence electrons. The number of fused-ring (bicyclic) bond motifs is 1. The van der Waals surface area contributed by atoms with Crippen LogP contribution in [0.4, 0.5) is 11.4 Å². The molecule has 1 heterocycles. The van der Waals surface area contributed by atoms with Gasteiger partial charge in [0.15, 0.2) is 5.58 Å². The Morgan fingerprint density at radius 1 is 1.12 bits per heavy atom. The van der Waals surface area contributed by atoms with Gasteiger partial charge in [0.2, 0.25) is 5.89 Å². The zero-order chi connectivity index (χ0) is 23.7. The van der Waals surface area contributed by atoms with Gasteiger partial charge >= 0.3 is 0 Å². The van der Waals surface area contributed by atoms with Gasteiger partial charge < -0.3 is 9.73 Å². The van der Waals surface area contributed by atoms with E-state index in [0.29, 0.717) is 28.6 Å². The van der Waals surface area contributed by atoms with Gasteiger partial charge in [-0.3, -0.25) is 14.9 Å². The SMILES string of the molecule is CCC(C)c1ccc2oc(-c3ccc(Cl)c(NC(=O)c4cc([N+](=O)[O-])ccc4Cl)c3)nc2c1.